The molecular weight excluding hydrogens is 1430 g/mol. The lowest BCUT2D eigenvalue weighted by Crippen LogP contribution is -2.50. The molecule has 16 aliphatic carbocycles. The van der Waals surface area contributed by atoms with E-state index in [1.165, 1.54) is 193 Å². The van der Waals surface area contributed by atoms with Gasteiger partial charge in [-0.3, -0.25) is 0 Å². The van der Waals surface area contributed by atoms with Crippen LogP contribution in [0.5, 0.6) is 0 Å². The number of hydrogen-bond donors (Lipinski definition) is 4. The number of aliphatic hydroxyl groups excluding tert-OH is 4. The van der Waals surface area contributed by atoms with Gasteiger partial charge in [0.15, 0.2) is 0 Å². The van der Waals surface area contributed by atoms with Gasteiger partial charge in [0.1, 0.15) is 0 Å². The molecular formula is C114H192O4. The van der Waals surface area contributed by atoms with E-state index in [1.807, 2.05) is 0 Å². The first-order valence-corrected chi connectivity index (χ1v) is 52.6. The predicted octanol–water partition coefficient (Wildman–Crippen LogP) is 30.9. The van der Waals surface area contributed by atoms with Crippen molar-refractivity contribution in [2.45, 2.75) is 435 Å². The summed E-state index contributed by atoms with van der Waals surface area (Å²) >= 11 is 0. The first kappa shape index (κ1) is 93.9. The summed E-state index contributed by atoms with van der Waals surface area (Å²) < 4.78 is 0. The quantitative estimate of drug-likeness (QED) is 0.0916. The van der Waals surface area contributed by atoms with Gasteiger partial charge in [0.2, 0.25) is 0 Å². The van der Waals surface area contributed by atoms with Gasteiger partial charge >= 0.3 is 0 Å². The molecule has 0 heterocycles. The summed E-state index contributed by atoms with van der Waals surface area (Å²) in [7, 11) is 0. The second-order valence-corrected chi connectivity index (χ2v) is 50.2. The van der Waals surface area contributed by atoms with Crippen molar-refractivity contribution in [3.8, 4) is 0 Å². The van der Waals surface area contributed by atoms with Gasteiger partial charge in [-0.05, 0) is 427 Å². The minimum absolute atomic E-state index is 0.0790. The van der Waals surface area contributed by atoms with E-state index in [1.54, 1.807) is 22.3 Å². The lowest BCUT2D eigenvalue weighted by Gasteiger charge is -2.58. The van der Waals surface area contributed by atoms with Crippen LogP contribution in [0.25, 0.3) is 0 Å². The van der Waals surface area contributed by atoms with Crippen LogP contribution in [0.15, 0.2) is 70.9 Å². The second kappa shape index (κ2) is 37.5. The minimum atomic E-state index is -0.0870. The number of aliphatic hydroxyl groups is 4. The maximum atomic E-state index is 10.2. The van der Waals surface area contributed by atoms with Crippen molar-refractivity contribution in [2.75, 3.05) is 0 Å². The van der Waals surface area contributed by atoms with Crippen LogP contribution in [0, 0.1) is 209 Å². The molecule has 12 saturated carbocycles. The summed E-state index contributed by atoms with van der Waals surface area (Å²) in [5, 5.41) is 40.9. The van der Waals surface area contributed by atoms with Gasteiger partial charge in [-0.2, -0.15) is 0 Å². The van der Waals surface area contributed by atoms with Gasteiger partial charge in [0.25, 0.3) is 0 Å². The zero-order chi connectivity index (χ0) is 85.3. The predicted molar refractivity (Wildman–Crippen MR) is 503 cm³/mol. The Morgan fingerprint density at radius 2 is 0.610 bits per heavy atom. The summed E-state index contributed by atoms with van der Waals surface area (Å²) in [6, 6.07) is 0. The van der Waals surface area contributed by atoms with Crippen molar-refractivity contribution >= 4 is 0 Å². The van der Waals surface area contributed by atoms with E-state index in [0.29, 0.717) is 61.1 Å². The van der Waals surface area contributed by atoms with Gasteiger partial charge in [-0.25, -0.2) is 0 Å². The third kappa shape index (κ3) is 17.9. The summed E-state index contributed by atoms with van der Waals surface area (Å²) in [5.41, 5.74) is 10.2. The SMILES string of the molecule is CC(C)C(C)/C=C/C(C)C1CCC2C3CC=C4CC(O)CCC4(C)C3CCC12C.CC(C)C(C)CCC(C)C1CCC2C3CC=C4CC(O)CCC4(C)C3CCC12C.CCC(/C=C/C(C)C1CCC2C3CC=C4CC(O)CCC4(C)C3CCC12C)C(C)C.CCC(CCC(C)C1CCC2C3CC=C4CC(O)CCC4(C)C3CCC12C)C(C)C. The third-order valence-corrected chi connectivity index (χ3v) is 43.7. The molecule has 0 aromatic heterocycles. The molecule has 0 aromatic rings. The highest BCUT2D eigenvalue weighted by atomic mass is 16.3. The first-order chi connectivity index (χ1) is 55.7. The van der Waals surface area contributed by atoms with Gasteiger partial charge < -0.3 is 20.4 Å². The van der Waals surface area contributed by atoms with E-state index >= 15 is 0 Å². The smallest absolute Gasteiger partial charge is 0.0577 e. The van der Waals surface area contributed by atoms with Gasteiger partial charge in [-0.15, -0.1) is 0 Å². The molecule has 16 aliphatic rings. The van der Waals surface area contributed by atoms with Crippen LogP contribution in [-0.4, -0.2) is 44.8 Å². The molecule has 0 saturated heterocycles. The molecule has 36 unspecified atom stereocenters. The molecule has 0 aromatic carbocycles. The fourth-order valence-corrected chi connectivity index (χ4v) is 35.1. The maximum Gasteiger partial charge on any atom is 0.0577 e. The molecule has 4 N–H and O–H groups in total. The lowest BCUT2D eigenvalue weighted by atomic mass is 9.47. The van der Waals surface area contributed by atoms with Gasteiger partial charge in [0, 0.05) is 0 Å². The molecule has 0 amide bonds. The molecule has 0 radical (unpaired) electrons. The highest BCUT2D eigenvalue weighted by Gasteiger charge is 2.64. The Kier molecular flexibility index (Phi) is 29.9. The fraction of sp³-hybridized carbons (Fsp3) is 0.895. The van der Waals surface area contributed by atoms with Crippen LogP contribution in [0.1, 0.15) is 410 Å². The second-order valence-electron chi connectivity index (χ2n) is 50.2. The molecule has 4 nitrogen and oxygen atoms in total. The Morgan fingerprint density at radius 1 is 0.305 bits per heavy atom. The minimum Gasteiger partial charge on any atom is -0.393 e. The van der Waals surface area contributed by atoms with Gasteiger partial charge in [-0.1, -0.05) is 263 Å². The highest BCUT2D eigenvalue weighted by Crippen LogP contribution is 2.73. The standard InChI is InChI=1S/C29H50O.C29H48O.C28H48O.C28H46O/c2*1-7-21(19(2)3)9-8-20(4)25-12-13-26-24-11-10-22-18-23(30)14-16-28(22,5)27(24)15-17-29(25,26)6;2*1-18(2)19(3)7-8-20(4)24-11-12-25-23-10-9-21-17-22(29)13-15-27(21,5)26(23)14-16-28(24,25)6/h10,19-21,23-27,30H,7-9,11-18H2,1-6H3;8-10,19-21,23-27,30H,7,11-18H2,1-6H3;9,18-20,22-26,29H,7-8,10-17H2,1-6H3;7-9,18-20,22-26,29H,10-17H2,1-6H3/b;9-8+;;8-7+. The summed E-state index contributed by atoms with van der Waals surface area (Å²) in [6.45, 7) is 59.7. The summed E-state index contributed by atoms with van der Waals surface area (Å²) in [4.78, 5) is 0. The number of rotatable bonds is 20. The molecule has 4 heteroatoms. The zero-order valence-electron chi connectivity index (χ0n) is 81.8. The van der Waals surface area contributed by atoms with Crippen LogP contribution in [0.2, 0.25) is 0 Å². The van der Waals surface area contributed by atoms with E-state index in [-0.39, 0.29) is 24.4 Å². The van der Waals surface area contributed by atoms with Crippen LogP contribution < -0.4 is 0 Å². The molecule has 118 heavy (non-hydrogen) atoms. The fourth-order valence-electron chi connectivity index (χ4n) is 35.1. The zero-order valence-corrected chi connectivity index (χ0v) is 81.8. The first-order valence-electron chi connectivity index (χ1n) is 52.6. The molecule has 16 rings (SSSR count). The summed E-state index contributed by atoms with van der Waals surface area (Å²) in [5.74, 6) is 23.9. The van der Waals surface area contributed by atoms with E-state index in [0.717, 1.165) is 199 Å². The number of hydrogen-bond acceptors (Lipinski definition) is 4. The molecule has 36 atom stereocenters. The van der Waals surface area contributed by atoms with Crippen molar-refractivity contribution in [3.63, 3.8) is 0 Å². The molecule has 12 fully saturated rings. The summed E-state index contributed by atoms with van der Waals surface area (Å²) in [6.07, 6.45) is 69.6. The molecule has 672 valence electrons. The third-order valence-electron chi connectivity index (χ3n) is 43.7. The van der Waals surface area contributed by atoms with Crippen LogP contribution in [-0.2, 0) is 0 Å². The lowest BCUT2D eigenvalue weighted by molar-refractivity contribution is -0.0575. The Balaban J connectivity index is 0.000000136. The maximum absolute atomic E-state index is 10.2. The topological polar surface area (TPSA) is 80.9 Å². The molecule has 0 spiro atoms. The Morgan fingerprint density at radius 3 is 0.898 bits per heavy atom. The highest BCUT2D eigenvalue weighted by molar-refractivity contribution is 5.30. The van der Waals surface area contributed by atoms with Crippen molar-refractivity contribution in [3.05, 3.63) is 70.9 Å². The van der Waals surface area contributed by atoms with Gasteiger partial charge in [0.05, 0.1) is 24.4 Å². The monoisotopic (exact) mass is 1630 g/mol. The average Bonchev–Trinajstić information content (AvgIpc) is 1.43. The van der Waals surface area contributed by atoms with Crippen molar-refractivity contribution in [1.82, 2.24) is 0 Å². The van der Waals surface area contributed by atoms with Crippen molar-refractivity contribution < 1.29 is 20.4 Å². The Labute approximate surface area is 730 Å². The number of fused-ring (bicyclic) bond motifs is 20. The van der Waals surface area contributed by atoms with E-state index in [9.17, 15) is 20.4 Å². The van der Waals surface area contributed by atoms with Crippen molar-refractivity contribution in [1.29, 1.82) is 0 Å². The average molecular weight is 1630 g/mol. The number of allylic oxidation sites excluding steroid dienone is 8. The Hall–Kier alpha value is -1.72. The van der Waals surface area contributed by atoms with E-state index in [4.69, 9.17) is 0 Å². The van der Waals surface area contributed by atoms with E-state index in [2.05, 4.69) is 215 Å². The normalized spacial score (nSPS) is 46.0. The van der Waals surface area contributed by atoms with Crippen molar-refractivity contribution in [2.24, 2.45) is 209 Å². The van der Waals surface area contributed by atoms with Crippen LogP contribution in [0.4, 0.5) is 0 Å². The molecule has 0 bridgehead atoms. The van der Waals surface area contributed by atoms with Crippen LogP contribution >= 0.6 is 0 Å². The molecule has 0 aliphatic heterocycles. The van der Waals surface area contributed by atoms with E-state index < -0.39 is 0 Å². The van der Waals surface area contributed by atoms with Crippen LogP contribution in [0.3, 0.4) is 0 Å². The Bertz CT molecular complexity index is 3480. The largest absolute Gasteiger partial charge is 0.393 e.